The molecule has 2 N–H and O–H groups in total. The monoisotopic (exact) mass is 281 g/mol. The average Bonchev–Trinajstić information content (AvgIpc) is 2.90. The zero-order valence-electron chi connectivity index (χ0n) is 11.1. The predicted molar refractivity (Wildman–Crippen MR) is 70.0 cm³/mol. The number of carbonyl (C=O) groups excluding carboxylic acids is 1. The van der Waals surface area contributed by atoms with Crippen molar-refractivity contribution < 1.29 is 23.8 Å². The van der Waals surface area contributed by atoms with E-state index in [9.17, 15) is 14.0 Å². The Morgan fingerprint density at radius 3 is 2.70 bits per heavy atom. The third-order valence-electron chi connectivity index (χ3n) is 3.60. The van der Waals surface area contributed by atoms with Crippen LogP contribution >= 0.6 is 0 Å². The number of carbonyl (C=O) groups is 2. The maximum atomic E-state index is 13.6. The lowest BCUT2D eigenvalue weighted by molar-refractivity contribution is -0.145. The Hall–Kier alpha value is -2.11. The fraction of sp³-hybridized carbons (Fsp3) is 0.429. The van der Waals surface area contributed by atoms with Crippen molar-refractivity contribution in [1.82, 2.24) is 0 Å². The molecule has 1 aromatic carbocycles. The van der Waals surface area contributed by atoms with Crippen LogP contribution in [-0.2, 0) is 9.59 Å². The van der Waals surface area contributed by atoms with E-state index in [-0.39, 0.29) is 5.69 Å². The van der Waals surface area contributed by atoms with Gasteiger partial charge in [0.1, 0.15) is 11.6 Å². The summed E-state index contributed by atoms with van der Waals surface area (Å²) in [5.41, 5.74) is 0.00499. The number of halogens is 1. The molecule has 108 valence electrons. The van der Waals surface area contributed by atoms with Crippen molar-refractivity contribution in [3.63, 3.8) is 0 Å². The first-order valence-electron chi connectivity index (χ1n) is 6.40. The minimum atomic E-state index is -0.978. The van der Waals surface area contributed by atoms with Crippen molar-refractivity contribution in [2.24, 2.45) is 11.8 Å². The summed E-state index contributed by atoms with van der Waals surface area (Å²) in [6, 6.07) is 4.01. The predicted octanol–water partition coefficient (Wildman–Crippen LogP) is 2.27. The Kier molecular flexibility index (Phi) is 4.22. The summed E-state index contributed by atoms with van der Waals surface area (Å²) in [7, 11) is 1.44. The number of anilines is 1. The third kappa shape index (κ3) is 2.89. The number of nitrogens with one attached hydrogen (secondary N) is 1. The fourth-order valence-electron chi connectivity index (χ4n) is 2.52. The van der Waals surface area contributed by atoms with Crippen LogP contribution in [0.4, 0.5) is 10.1 Å². The van der Waals surface area contributed by atoms with Gasteiger partial charge in [0.2, 0.25) is 5.91 Å². The number of hydrogen-bond donors (Lipinski definition) is 2. The minimum absolute atomic E-state index is 0.00499. The van der Waals surface area contributed by atoms with Gasteiger partial charge in [-0.3, -0.25) is 9.59 Å². The highest BCUT2D eigenvalue weighted by Crippen LogP contribution is 2.33. The van der Waals surface area contributed by atoms with E-state index in [1.165, 1.54) is 25.3 Å². The van der Waals surface area contributed by atoms with Crippen molar-refractivity contribution in [2.45, 2.75) is 19.3 Å². The Bertz CT molecular complexity index is 532. The van der Waals surface area contributed by atoms with Crippen molar-refractivity contribution in [1.29, 1.82) is 0 Å². The molecule has 5 nitrogen and oxygen atoms in total. The molecule has 0 bridgehead atoms. The lowest BCUT2D eigenvalue weighted by Gasteiger charge is -2.16. The standard InChI is InChI=1S/C14H16FNO4/c1-20-8-5-6-11(15)12(7-8)16-13(17)9-3-2-4-10(9)14(18)19/h5-7,9-10H,2-4H2,1H3,(H,16,17)(H,18,19). The number of methoxy groups -OCH3 is 1. The molecule has 2 atom stereocenters. The Labute approximate surface area is 115 Å². The summed E-state index contributed by atoms with van der Waals surface area (Å²) in [5.74, 6) is -2.90. The Morgan fingerprint density at radius 2 is 2.05 bits per heavy atom. The molecule has 20 heavy (non-hydrogen) atoms. The second-order valence-corrected chi connectivity index (χ2v) is 4.82. The first-order chi connectivity index (χ1) is 9.52. The zero-order valence-corrected chi connectivity index (χ0v) is 11.1. The van der Waals surface area contributed by atoms with Crippen LogP contribution in [0.3, 0.4) is 0 Å². The van der Waals surface area contributed by atoms with Crippen molar-refractivity contribution >= 4 is 17.6 Å². The summed E-state index contributed by atoms with van der Waals surface area (Å²) in [6.45, 7) is 0. The smallest absolute Gasteiger partial charge is 0.307 e. The summed E-state index contributed by atoms with van der Waals surface area (Å²) >= 11 is 0. The molecule has 2 rings (SSSR count). The molecule has 0 saturated heterocycles. The minimum Gasteiger partial charge on any atom is -0.497 e. The van der Waals surface area contributed by atoms with Crippen LogP contribution in [-0.4, -0.2) is 24.1 Å². The molecule has 1 amide bonds. The van der Waals surface area contributed by atoms with Gasteiger partial charge in [-0.15, -0.1) is 0 Å². The molecule has 0 aromatic heterocycles. The van der Waals surface area contributed by atoms with Gasteiger partial charge in [-0.2, -0.15) is 0 Å². The van der Waals surface area contributed by atoms with Crippen LogP contribution in [0.15, 0.2) is 18.2 Å². The normalized spacial score (nSPS) is 21.5. The van der Waals surface area contributed by atoms with E-state index in [1.807, 2.05) is 0 Å². The number of rotatable bonds is 4. The first-order valence-corrected chi connectivity index (χ1v) is 6.40. The maximum absolute atomic E-state index is 13.6. The van der Waals surface area contributed by atoms with Crippen molar-refractivity contribution in [3.8, 4) is 5.75 Å². The van der Waals surface area contributed by atoms with Crippen LogP contribution in [0.1, 0.15) is 19.3 Å². The molecule has 1 aliphatic rings. The van der Waals surface area contributed by atoms with Gasteiger partial charge < -0.3 is 15.2 Å². The largest absolute Gasteiger partial charge is 0.497 e. The van der Waals surface area contributed by atoms with E-state index in [0.29, 0.717) is 25.0 Å². The average molecular weight is 281 g/mol. The summed E-state index contributed by atoms with van der Waals surface area (Å²) < 4.78 is 18.6. The molecule has 1 fully saturated rings. The van der Waals surface area contributed by atoms with Crippen LogP contribution in [0.25, 0.3) is 0 Å². The molecule has 0 aliphatic heterocycles. The molecule has 1 aliphatic carbocycles. The van der Waals surface area contributed by atoms with Crippen LogP contribution in [0.5, 0.6) is 5.75 Å². The molecule has 0 heterocycles. The van der Waals surface area contributed by atoms with Crippen molar-refractivity contribution in [3.05, 3.63) is 24.0 Å². The van der Waals surface area contributed by atoms with Crippen LogP contribution in [0.2, 0.25) is 0 Å². The van der Waals surface area contributed by atoms with Gasteiger partial charge in [-0.05, 0) is 25.0 Å². The third-order valence-corrected chi connectivity index (χ3v) is 3.60. The maximum Gasteiger partial charge on any atom is 0.307 e. The Balaban J connectivity index is 2.13. The number of amides is 1. The number of ether oxygens (including phenoxy) is 1. The number of carboxylic acids is 1. The molecule has 0 radical (unpaired) electrons. The van der Waals surface area contributed by atoms with E-state index >= 15 is 0 Å². The van der Waals surface area contributed by atoms with Crippen molar-refractivity contribution in [2.75, 3.05) is 12.4 Å². The molecule has 6 heteroatoms. The van der Waals surface area contributed by atoms with Gasteiger partial charge in [0.25, 0.3) is 0 Å². The molecule has 2 unspecified atom stereocenters. The second kappa shape index (κ2) is 5.90. The van der Waals surface area contributed by atoms with E-state index in [2.05, 4.69) is 5.32 Å². The molecule has 0 spiro atoms. The van der Waals surface area contributed by atoms with E-state index in [0.717, 1.165) is 0 Å². The highest BCUT2D eigenvalue weighted by Gasteiger charge is 2.37. The SMILES string of the molecule is COc1ccc(F)c(NC(=O)C2CCCC2C(=O)O)c1. The fourth-order valence-corrected chi connectivity index (χ4v) is 2.52. The highest BCUT2D eigenvalue weighted by atomic mass is 19.1. The Morgan fingerprint density at radius 1 is 1.35 bits per heavy atom. The van der Waals surface area contributed by atoms with Gasteiger partial charge in [-0.1, -0.05) is 6.42 Å². The molecule has 1 aromatic rings. The lowest BCUT2D eigenvalue weighted by Crippen LogP contribution is -2.30. The van der Waals surface area contributed by atoms with E-state index in [4.69, 9.17) is 9.84 Å². The first kappa shape index (κ1) is 14.3. The summed E-state index contributed by atoms with van der Waals surface area (Å²) in [4.78, 5) is 23.2. The van der Waals surface area contributed by atoms with Gasteiger partial charge >= 0.3 is 5.97 Å². The van der Waals surface area contributed by atoms with Gasteiger partial charge in [0.15, 0.2) is 0 Å². The van der Waals surface area contributed by atoms with Gasteiger partial charge in [0.05, 0.1) is 24.6 Å². The molecular formula is C14H16FNO4. The number of aliphatic carboxylic acids is 1. The lowest BCUT2D eigenvalue weighted by atomic mass is 9.95. The zero-order chi connectivity index (χ0) is 14.7. The number of carboxylic acid groups (broad SMARTS) is 1. The van der Waals surface area contributed by atoms with Gasteiger partial charge in [0, 0.05) is 6.07 Å². The molecule has 1 saturated carbocycles. The number of benzene rings is 1. The topological polar surface area (TPSA) is 75.6 Å². The molecular weight excluding hydrogens is 265 g/mol. The quantitative estimate of drug-likeness (QED) is 0.887. The number of hydrogen-bond acceptors (Lipinski definition) is 3. The summed E-state index contributed by atoms with van der Waals surface area (Å²) in [5, 5.41) is 11.5. The second-order valence-electron chi connectivity index (χ2n) is 4.82. The van der Waals surface area contributed by atoms with Crippen LogP contribution in [0, 0.1) is 17.7 Å². The van der Waals surface area contributed by atoms with E-state index in [1.54, 1.807) is 0 Å². The summed E-state index contributed by atoms with van der Waals surface area (Å²) in [6.07, 6.45) is 1.68. The van der Waals surface area contributed by atoms with E-state index < -0.39 is 29.5 Å². The highest BCUT2D eigenvalue weighted by molar-refractivity contribution is 5.95. The van der Waals surface area contributed by atoms with Gasteiger partial charge in [-0.25, -0.2) is 4.39 Å². The van der Waals surface area contributed by atoms with Crippen LogP contribution < -0.4 is 10.1 Å².